The van der Waals surface area contributed by atoms with E-state index in [-0.39, 0.29) is 0 Å². The molecule has 6 heteroatoms. The van der Waals surface area contributed by atoms with Crippen molar-refractivity contribution < 1.29 is 21.7 Å². The summed E-state index contributed by atoms with van der Waals surface area (Å²) in [4.78, 5) is 0. The Bertz CT molecular complexity index is 428. The number of aromatic nitrogens is 1. The van der Waals surface area contributed by atoms with E-state index in [1.165, 1.54) is 11.3 Å². The predicted molar refractivity (Wildman–Crippen MR) is 58.4 cm³/mol. The third kappa shape index (κ3) is 6.49. The van der Waals surface area contributed by atoms with Gasteiger partial charge in [-0.05, 0) is 12.5 Å². The topological polar surface area (TPSA) is 70.3 Å². The molecule has 0 aliphatic rings. The van der Waals surface area contributed by atoms with E-state index in [0.717, 1.165) is 13.5 Å². The minimum atomic E-state index is -4.41. The molecule has 0 atom stereocenters. The van der Waals surface area contributed by atoms with E-state index in [0.29, 0.717) is 0 Å². The summed E-state index contributed by atoms with van der Waals surface area (Å²) in [5, 5.41) is 0. The van der Waals surface area contributed by atoms with Crippen molar-refractivity contribution in [2.75, 3.05) is 7.11 Å². The zero-order chi connectivity index (χ0) is 12.8. The fraction of sp³-hybridized carbons (Fsp3) is 0.500. The van der Waals surface area contributed by atoms with Gasteiger partial charge < -0.3 is 4.55 Å². The maximum atomic E-state index is 9.22. The largest absolute Gasteiger partial charge is 0.726 e. The van der Waals surface area contributed by atoms with Crippen LogP contribution in [0.25, 0.3) is 0 Å². The molecule has 1 aromatic rings. The van der Waals surface area contributed by atoms with Gasteiger partial charge >= 0.3 is 0 Å². The maximum absolute atomic E-state index is 9.22. The van der Waals surface area contributed by atoms with Crippen molar-refractivity contribution in [3.05, 3.63) is 29.6 Å². The third-order valence-corrected chi connectivity index (χ3v) is 2.48. The third-order valence-electron chi connectivity index (χ3n) is 2.07. The fourth-order valence-corrected chi connectivity index (χ4v) is 0.948. The van der Waals surface area contributed by atoms with Crippen LogP contribution in [0.4, 0.5) is 0 Å². The van der Waals surface area contributed by atoms with Crippen LogP contribution in [-0.2, 0) is 28.1 Å². The van der Waals surface area contributed by atoms with Crippen molar-refractivity contribution in [2.45, 2.75) is 20.3 Å². The molecule has 5 nitrogen and oxygen atoms in total. The van der Waals surface area contributed by atoms with E-state index in [9.17, 15) is 13.0 Å². The molecule has 0 saturated carbocycles. The fourth-order valence-electron chi connectivity index (χ4n) is 0.948. The quantitative estimate of drug-likeness (QED) is 0.433. The summed E-state index contributed by atoms with van der Waals surface area (Å²) in [6.07, 6.45) is 3.30. The molecule has 0 spiro atoms. The molecule has 0 N–H and O–H groups in total. The Kier molecular flexibility index (Phi) is 6.17. The lowest BCUT2D eigenvalue weighted by Crippen LogP contribution is -2.31. The minimum Gasteiger partial charge on any atom is -0.726 e. The van der Waals surface area contributed by atoms with Gasteiger partial charge in [0.2, 0.25) is 10.4 Å². The molecule has 0 bridgehead atoms. The molecule has 1 aromatic heterocycles. The Morgan fingerprint density at radius 2 is 1.94 bits per heavy atom. The van der Waals surface area contributed by atoms with E-state index < -0.39 is 10.4 Å². The van der Waals surface area contributed by atoms with Crippen LogP contribution in [0.3, 0.4) is 0 Å². The first kappa shape index (κ1) is 15.0. The highest BCUT2D eigenvalue weighted by molar-refractivity contribution is 7.80. The van der Waals surface area contributed by atoms with Crippen molar-refractivity contribution in [1.82, 2.24) is 0 Å². The molecule has 0 fully saturated rings. The highest BCUT2D eigenvalue weighted by Gasteiger charge is 1.99. The second-order valence-electron chi connectivity index (χ2n) is 3.22. The summed E-state index contributed by atoms with van der Waals surface area (Å²) in [5.41, 5.74) is 2.70. The van der Waals surface area contributed by atoms with Crippen LogP contribution in [0.2, 0.25) is 0 Å². The molecule has 0 amide bonds. The Hall–Kier alpha value is -0.980. The van der Waals surface area contributed by atoms with E-state index in [4.69, 9.17) is 0 Å². The van der Waals surface area contributed by atoms with E-state index in [1.807, 2.05) is 0 Å². The molecule has 92 valence electrons. The highest BCUT2D eigenvalue weighted by Crippen LogP contribution is 1.96. The number of hydrogen-bond acceptors (Lipinski definition) is 4. The molecular weight excluding hydrogens is 230 g/mol. The van der Waals surface area contributed by atoms with Gasteiger partial charge in [-0.3, -0.25) is 4.18 Å². The van der Waals surface area contributed by atoms with E-state index in [1.54, 1.807) is 0 Å². The standard InChI is InChI=1S/C9H14N.CH4O4S/c1-4-9-6-5-8(2)10(3)7-9;1-5-6(2,3)4/h5-7H,4H2,1-3H3;1H3,(H,2,3,4)/q+1;/p-1. The normalized spacial score (nSPS) is 10.6. The zero-order valence-electron chi connectivity index (χ0n) is 9.93. The lowest BCUT2D eigenvalue weighted by Gasteiger charge is -1.98. The SMILES string of the molecule is CCc1ccc(C)[n+](C)c1.COS(=O)(=O)[O-]. The molecule has 1 rings (SSSR count). The van der Waals surface area contributed by atoms with Crippen molar-refractivity contribution in [2.24, 2.45) is 7.05 Å². The lowest BCUT2D eigenvalue weighted by molar-refractivity contribution is -0.678. The van der Waals surface area contributed by atoms with Crippen LogP contribution in [0.5, 0.6) is 0 Å². The molecule has 16 heavy (non-hydrogen) atoms. The first-order chi connectivity index (χ1) is 7.30. The number of aryl methyl sites for hydroxylation is 3. The molecule has 0 unspecified atom stereocenters. The molecule has 1 heterocycles. The summed E-state index contributed by atoms with van der Waals surface area (Å²) >= 11 is 0. The van der Waals surface area contributed by atoms with Crippen LogP contribution in [0.15, 0.2) is 18.3 Å². The van der Waals surface area contributed by atoms with Crippen LogP contribution in [0.1, 0.15) is 18.2 Å². The Morgan fingerprint density at radius 1 is 1.44 bits per heavy atom. The molecule has 0 aliphatic heterocycles. The second kappa shape index (κ2) is 6.57. The summed E-state index contributed by atoms with van der Waals surface area (Å²) in [6.45, 7) is 4.28. The summed E-state index contributed by atoms with van der Waals surface area (Å²) in [6, 6.07) is 4.33. The van der Waals surface area contributed by atoms with E-state index >= 15 is 0 Å². The van der Waals surface area contributed by atoms with Crippen LogP contribution in [-0.4, -0.2) is 20.1 Å². The van der Waals surface area contributed by atoms with Crippen molar-refractivity contribution in [3.8, 4) is 0 Å². The summed E-state index contributed by atoms with van der Waals surface area (Å²) < 4.78 is 33.2. The van der Waals surface area contributed by atoms with E-state index in [2.05, 4.69) is 48.0 Å². The zero-order valence-corrected chi connectivity index (χ0v) is 10.7. The molecule has 0 aliphatic carbocycles. The smallest absolute Gasteiger partial charge is 0.217 e. The van der Waals surface area contributed by atoms with Gasteiger partial charge in [0.1, 0.15) is 7.05 Å². The Balaban J connectivity index is 0.000000325. The van der Waals surface area contributed by atoms with Crippen LogP contribution >= 0.6 is 0 Å². The van der Waals surface area contributed by atoms with Crippen molar-refractivity contribution in [3.63, 3.8) is 0 Å². The number of hydrogen-bond donors (Lipinski definition) is 0. The maximum Gasteiger partial charge on any atom is 0.217 e. The predicted octanol–water partition coefficient (Wildman–Crippen LogP) is 0.475. The van der Waals surface area contributed by atoms with Gasteiger partial charge in [-0.15, -0.1) is 0 Å². The van der Waals surface area contributed by atoms with Gasteiger partial charge in [0.05, 0.1) is 7.11 Å². The van der Waals surface area contributed by atoms with Gasteiger partial charge in [-0.25, -0.2) is 13.0 Å². The first-order valence-corrected chi connectivity index (χ1v) is 6.10. The van der Waals surface area contributed by atoms with Gasteiger partial charge in [0, 0.05) is 18.6 Å². The van der Waals surface area contributed by atoms with Crippen molar-refractivity contribution >= 4 is 10.4 Å². The number of pyridine rings is 1. The monoisotopic (exact) mass is 247 g/mol. The summed E-state index contributed by atoms with van der Waals surface area (Å²) in [5.74, 6) is 0. The van der Waals surface area contributed by atoms with Gasteiger partial charge in [-0.2, -0.15) is 0 Å². The van der Waals surface area contributed by atoms with Crippen LogP contribution in [0, 0.1) is 6.92 Å². The molecular formula is C10H17NO4S. The minimum absolute atomic E-state index is 0.808. The molecule has 0 saturated heterocycles. The average Bonchev–Trinajstić information content (AvgIpc) is 2.22. The Morgan fingerprint density at radius 3 is 2.25 bits per heavy atom. The molecule has 0 radical (unpaired) electrons. The highest BCUT2D eigenvalue weighted by atomic mass is 32.3. The van der Waals surface area contributed by atoms with Gasteiger partial charge in [0.25, 0.3) is 0 Å². The summed E-state index contributed by atoms with van der Waals surface area (Å²) in [7, 11) is -1.53. The number of nitrogens with zero attached hydrogens (tertiary/aromatic N) is 1. The lowest BCUT2D eigenvalue weighted by atomic mass is 10.2. The molecule has 0 aromatic carbocycles. The Labute approximate surface area is 96.6 Å². The van der Waals surface area contributed by atoms with Crippen molar-refractivity contribution in [1.29, 1.82) is 0 Å². The second-order valence-corrected chi connectivity index (χ2v) is 4.37. The first-order valence-electron chi connectivity index (χ1n) is 4.76. The number of rotatable bonds is 2. The van der Waals surface area contributed by atoms with Crippen LogP contribution < -0.4 is 4.57 Å². The van der Waals surface area contributed by atoms with Gasteiger partial charge in [-0.1, -0.05) is 6.92 Å². The average molecular weight is 247 g/mol. The van der Waals surface area contributed by atoms with Gasteiger partial charge in [0.15, 0.2) is 11.9 Å².